The van der Waals surface area contributed by atoms with Crippen LogP contribution in [0.5, 0.6) is 0 Å². The Hall–Kier alpha value is -3.07. The van der Waals surface area contributed by atoms with Crippen molar-refractivity contribution >= 4 is 22.9 Å². The average Bonchev–Trinajstić information content (AvgIpc) is 3.44. The van der Waals surface area contributed by atoms with Gasteiger partial charge in [0.2, 0.25) is 0 Å². The van der Waals surface area contributed by atoms with Crippen LogP contribution in [0.3, 0.4) is 0 Å². The molecule has 5 rings (SSSR count). The van der Waals surface area contributed by atoms with Crippen molar-refractivity contribution in [2.24, 2.45) is 0 Å². The Morgan fingerprint density at radius 2 is 2.21 bits per heavy atom. The molecular formula is C20H19FN6OS. The summed E-state index contributed by atoms with van der Waals surface area (Å²) < 4.78 is 16.2. The van der Waals surface area contributed by atoms with E-state index in [0.29, 0.717) is 22.9 Å². The number of H-pyrrole nitrogens is 1. The highest BCUT2D eigenvalue weighted by Crippen LogP contribution is 2.36. The fourth-order valence-corrected chi connectivity index (χ4v) is 4.54. The summed E-state index contributed by atoms with van der Waals surface area (Å²) in [5.74, 6) is -0.186. The number of rotatable bonds is 3. The lowest BCUT2D eigenvalue weighted by Gasteiger charge is -2.33. The summed E-state index contributed by atoms with van der Waals surface area (Å²) in [6.07, 6.45) is 7.63. The second-order valence-corrected chi connectivity index (χ2v) is 8.58. The van der Waals surface area contributed by atoms with E-state index in [2.05, 4.69) is 15.0 Å². The van der Waals surface area contributed by atoms with Gasteiger partial charge in [0.1, 0.15) is 21.6 Å². The molecule has 1 amide bonds. The first-order valence-corrected chi connectivity index (χ1v) is 10.2. The molecule has 1 aliphatic rings. The van der Waals surface area contributed by atoms with Crippen LogP contribution < -0.4 is 0 Å². The zero-order chi connectivity index (χ0) is 20.2. The number of alkyl halides is 1. The number of halogens is 1. The van der Waals surface area contributed by atoms with Crippen LogP contribution in [0.1, 0.15) is 51.7 Å². The number of pyridine rings is 1. The molecule has 0 bridgehead atoms. The minimum Gasteiger partial charge on any atom is -0.348 e. The van der Waals surface area contributed by atoms with Gasteiger partial charge in [0.05, 0.1) is 23.9 Å². The smallest absolute Gasteiger partial charge is 0.266 e. The van der Waals surface area contributed by atoms with Crippen LogP contribution in [0.4, 0.5) is 4.39 Å². The summed E-state index contributed by atoms with van der Waals surface area (Å²) in [6, 6.07) is 5.36. The minimum absolute atomic E-state index is 0.186. The van der Waals surface area contributed by atoms with Gasteiger partial charge in [-0.1, -0.05) is 6.07 Å². The van der Waals surface area contributed by atoms with Gasteiger partial charge in [-0.2, -0.15) is 0 Å². The molecule has 0 fully saturated rings. The van der Waals surface area contributed by atoms with E-state index in [0.717, 1.165) is 34.1 Å². The maximum absolute atomic E-state index is 14.3. The molecule has 9 heteroatoms. The zero-order valence-corrected chi connectivity index (χ0v) is 16.8. The van der Waals surface area contributed by atoms with Gasteiger partial charge in [0, 0.05) is 31.1 Å². The standard InChI is InChI=1S/C20H19FN6OS/c1-20(2,21)19-22-9-14(29-19)18(28)27-8-6-12-16(24-11-23-12)17(27)13-10-26-7-4-3-5-15(26)25-13/h3-5,7,9-11,17H,6,8H2,1-2H3,(H,23,24)/t17-/m0/s1. The first kappa shape index (κ1) is 18.0. The van der Waals surface area contributed by atoms with Gasteiger partial charge in [-0.05, 0) is 26.0 Å². The number of aromatic amines is 1. The van der Waals surface area contributed by atoms with E-state index in [9.17, 15) is 9.18 Å². The highest BCUT2D eigenvalue weighted by atomic mass is 32.1. The fraction of sp³-hybridized carbons (Fsp3) is 0.300. The molecular weight excluding hydrogens is 391 g/mol. The highest BCUT2D eigenvalue weighted by molar-refractivity contribution is 7.13. The lowest BCUT2D eigenvalue weighted by Crippen LogP contribution is -2.40. The largest absolute Gasteiger partial charge is 0.348 e. The molecule has 4 aromatic rings. The van der Waals surface area contributed by atoms with Gasteiger partial charge in [-0.15, -0.1) is 11.3 Å². The third-order valence-corrected chi connectivity index (χ3v) is 6.36. The lowest BCUT2D eigenvalue weighted by atomic mass is 10.00. The van der Waals surface area contributed by atoms with E-state index in [1.54, 1.807) is 11.2 Å². The number of carbonyl (C=O) groups excluding carboxylic acids is 1. The Bertz CT molecular complexity index is 1170. The predicted octanol–water partition coefficient (Wildman–Crippen LogP) is 3.51. The number of imidazole rings is 2. The summed E-state index contributed by atoms with van der Waals surface area (Å²) in [4.78, 5) is 32.1. The zero-order valence-electron chi connectivity index (χ0n) is 16.0. The maximum Gasteiger partial charge on any atom is 0.266 e. The Balaban J connectivity index is 1.57. The Morgan fingerprint density at radius 3 is 2.97 bits per heavy atom. The molecule has 7 nitrogen and oxygen atoms in total. The monoisotopic (exact) mass is 410 g/mol. The molecule has 29 heavy (non-hydrogen) atoms. The van der Waals surface area contributed by atoms with E-state index in [4.69, 9.17) is 4.98 Å². The molecule has 0 radical (unpaired) electrons. The van der Waals surface area contributed by atoms with Crippen molar-refractivity contribution in [2.45, 2.75) is 32.0 Å². The Kier molecular flexibility index (Phi) is 4.02. The lowest BCUT2D eigenvalue weighted by molar-refractivity contribution is 0.0692. The van der Waals surface area contributed by atoms with Crippen LogP contribution in [-0.2, 0) is 12.1 Å². The second kappa shape index (κ2) is 6.48. The summed E-state index contributed by atoms with van der Waals surface area (Å²) in [7, 11) is 0. The van der Waals surface area contributed by atoms with Crippen LogP contribution in [0.2, 0.25) is 0 Å². The normalized spacial score (nSPS) is 16.9. The number of amides is 1. The predicted molar refractivity (Wildman–Crippen MR) is 107 cm³/mol. The number of hydrogen-bond donors (Lipinski definition) is 1. The molecule has 0 saturated carbocycles. The molecule has 0 aromatic carbocycles. The van der Waals surface area contributed by atoms with E-state index < -0.39 is 11.7 Å². The molecule has 5 heterocycles. The summed E-state index contributed by atoms with van der Waals surface area (Å²) in [5, 5.41) is 0.294. The molecule has 0 spiro atoms. The first-order valence-electron chi connectivity index (χ1n) is 9.34. The molecule has 148 valence electrons. The van der Waals surface area contributed by atoms with E-state index in [-0.39, 0.29) is 5.91 Å². The number of carbonyl (C=O) groups is 1. The minimum atomic E-state index is -1.58. The van der Waals surface area contributed by atoms with Crippen molar-refractivity contribution in [3.05, 3.63) is 70.1 Å². The van der Waals surface area contributed by atoms with Gasteiger partial charge in [-0.25, -0.2) is 19.3 Å². The van der Waals surface area contributed by atoms with Crippen molar-refractivity contribution in [3.63, 3.8) is 0 Å². The average molecular weight is 410 g/mol. The van der Waals surface area contributed by atoms with Gasteiger partial charge in [0.25, 0.3) is 5.91 Å². The SMILES string of the molecule is CC(C)(F)c1ncc(C(=O)N2CCc3[nH]cnc3[C@@H]2c2cn3ccccc3n2)s1. The summed E-state index contributed by atoms with van der Waals surface area (Å²) >= 11 is 1.10. The van der Waals surface area contributed by atoms with Gasteiger partial charge in [-0.3, -0.25) is 4.79 Å². The molecule has 0 saturated heterocycles. The Labute approximate surface area is 170 Å². The van der Waals surface area contributed by atoms with Crippen molar-refractivity contribution in [1.82, 2.24) is 29.2 Å². The summed E-state index contributed by atoms with van der Waals surface area (Å²) in [5.41, 5.74) is 1.76. The number of fused-ring (bicyclic) bond motifs is 2. The first-order chi connectivity index (χ1) is 13.9. The van der Waals surface area contributed by atoms with Crippen molar-refractivity contribution in [1.29, 1.82) is 0 Å². The number of nitrogens with zero attached hydrogens (tertiary/aromatic N) is 5. The van der Waals surface area contributed by atoms with E-state index >= 15 is 0 Å². The summed E-state index contributed by atoms with van der Waals surface area (Å²) in [6.45, 7) is 3.39. The van der Waals surface area contributed by atoms with Crippen molar-refractivity contribution < 1.29 is 9.18 Å². The van der Waals surface area contributed by atoms with E-state index in [1.807, 2.05) is 35.0 Å². The van der Waals surface area contributed by atoms with Crippen LogP contribution >= 0.6 is 11.3 Å². The van der Waals surface area contributed by atoms with Gasteiger partial charge < -0.3 is 14.3 Å². The topological polar surface area (TPSA) is 79.2 Å². The number of hydrogen-bond acceptors (Lipinski definition) is 5. The number of nitrogens with one attached hydrogen (secondary N) is 1. The Morgan fingerprint density at radius 1 is 1.34 bits per heavy atom. The number of aromatic nitrogens is 5. The van der Waals surface area contributed by atoms with Gasteiger partial charge >= 0.3 is 0 Å². The number of thiazole rings is 1. The molecule has 1 atom stereocenters. The van der Waals surface area contributed by atoms with E-state index in [1.165, 1.54) is 20.0 Å². The highest BCUT2D eigenvalue weighted by Gasteiger charge is 2.37. The van der Waals surface area contributed by atoms with Crippen LogP contribution in [-0.4, -0.2) is 41.7 Å². The third kappa shape index (κ3) is 3.02. The van der Waals surface area contributed by atoms with Crippen LogP contribution in [0.15, 0.2) is 43.1 Å². The van der Waals surface area contributed by atoms with Crippen LogP contribution in [0, 0.1) is 0 Å². The van der Waals surface area contributed by atoms with Crippen molar-refractivity contribution in [2.75, 3.05) is 6.54 Å². The molecule has 0 unspecified atom stereocenters. The fourth-order valence-electron chi connectivity index (χ4n) is 3.67. The second-order valence-electron chi connectivity index (χ2n) is 7.55. The van der Waals surface area contributed by atoms with Crippen LogP contribution in [0.25, 0.3) is 5.65 Å². The van der Waals surface area contributed by atoms with Gasteiger partial charge in [0.15, 0.2) is 5.67 Å². The maximum atomic E-state index is 14.3. The molecule has 1 aliphatic heterocycles. The molecule has 1 N–H and O–H groups in total. The molecule has 4 aromatic heterocycles. The quantitative estimate of drug-likeness (QED) is 0.561. The third-order valence-electron chi connectivity index (χ3n) is 5.07. The molecule has 0 aliphatic carbocycles. The van der Waals surface area contributed by atoms with Crippen molar-refractivity contribution in [3.8, 4) is 0 Å².